The SMILES string of the molecule is CCC1=N[C@@]2(CC[C@@H]3CN(S(=O)(=O)C4CC4)C[C@@H]32)C(=O)N1C. The van der Waals surface area contributed by atoms with Crippen LogP contribution >= 0.6 is 0 Å². The molecule has 6 nitrogen and oxygen atoms in total. The molecule has 0 bridgehead atoms. The fraction of sp³-hybridized carbons (Fsp3) is 0.867. The molecule has 2 aliphatic heterocycles. The number of likely N-dealkylation sites (N-methyl/N-ethyl adjacent to an activating group) is 1. The van der Waals surface area contributed by atoms with Crippen molar-refractivity contribution in [3.8, 4) is 0 Å². The summed E-state index contributed by atoms with van der Waals surface area (Å²) in [5.74, 6) is 1.25. The Kier molecular flexibility index (Phi) is 3.02. The van der Waals surface area contributed by atoms with Crippen LogP contribution in [-0.4, -0.2) is 60.3 Å². The zero-order valence-electron chi connectivity index (χ0n) is 13.2. The van der Waals surface area contributed by atoms with Crippen LogP contribution < -0.4 is 0 Å². The molecule has 122 valence electrons. The molecule has 3 atom stereocenters. The molecule has 0 N–H and O–H groups in total. The normalized spacial score (nSPS) is 38.9. The third kappa shape index (κ3) is 1.78. The topological polar surface area (TPSA) is 70.0 Å². The predicted molar refractivity (Wildman–Crippen MR) is 83.0 cm³/mol. The molecule has 4 rings (SSSR count). The van der Waals surface area contributed by atoms with E-state index in [1.54, 1.807) is 16.3 Å². The molecule has 3 fully saturated rings. The van der Waals surface area contributed by atoms with E-state index < -0.39 is 15.6 Å². The lowest BCUT2D eigenvalue weighted by Crippen LogP contribution is -2.46. The van der Waals surface area contributed by atoms with Gasteiger partial charge < -0.3 is 4.90 Å². The summed E-state index contributed by atoms with van der Waals surface area (Å²) < 4.78 is 26.6. The van der Waals surface area contributed by atoms with Crippen molar-refractivity contribution in [1.82, 2.24) is 9.21 Å². The number of rotatable bonds is 3. The molecule has 2 aliphatic carbocycles. The molecule has 0 aromatic heterocycles. The van der Waals surface area contributed by atoms with Crippen molar-refractivity contribution in [3.05, 3.63) is 0 Å². The minimum absolute atomic E-state index is 0.0556. The van der Waals surface area contributed by atoms with Gasteiger partial charge in [0.05, 0.1) is 5.25 Å². The summed E-state index contributed by atoms with van der Waals surface area (Å²) in [5.41, 5.74) is -0.682. The smallest absolute Gasteiger partial charge is 0.255 e. The summed E-state index contributed by atoms with van der Waals surface area (Å²) in [7, 11) is -1.35. The molecule has 2 heterocycles. The van der Waals surface area contributed by atoms with Crippen molar-refractivity contribution in [2.45, 2.75) is 49.8 Å². The molecule has 0 aromatic rings. The Morgan fingerprint density at radius 1 is 1.27 bits per heavy atom. The number of aliphatic imine (C=N–C) groups is 1. The average Bonchev–Trinajstić information content (AvgIpc) is 3.11. The summed E-state index contributed by atoms with van der Waals surface area (Å²) >= 11 is 0. The summed E-state index contributed by atoms with van der Waals surface area (Å²) in [6.07, 6.45) is 4.00. The van der Waals surface area contributed by atoms with Gasteiger partial charge in [-0.3, -0.25) is 9.79 Å². The minimum Gasteiger partial charge on any atom is -0.302 e. The minimum atomic E-state index is -3.14. The number of carbonyl (C=O) groups is 1. The van der Waals surface area contributed by atoms with Gasteiger partial charge in [0.2, 0.25) is 10.0 Å². The van der Waals surface area contributed by atoms with Crippen molar-refractivity contribution < 1.29 is 13.2 Å². The van der Waals surface area contributed by atoms with E-state index in [4.69, 9.17) is 4.99 Å². The Hall–Kier alpha value is -0.950. The molecule has 0 unspecified atom stereocenters. The van der Waals surface area contributed by atoms with Gasteiger partial charge in [-0.2, -0.15) is 0 Å². The van der Waals surface area contributed by atoms with Gasteiger partial charge in [-0.15, -0.1) is 0 Å². The number of nitrogens with zero attached hydrogens (tertiary/aromatic N) is 3. The van der Waals surface area contributed by atoms with Crippen LogP contribution in [0.1, 0.15) is 39.0 Å². The third-order valence-corrected chi connectivity index (χ3v) is 8.26. The van der Waals surface area contributed by atoms with E-state index >= 15 is 0 Å². The highest BCUT2D eigenvalue weighted by atomic mass is 32.2. The number of hydrogen-bond donors (Lipinski definition) is 0. The molecule has 1 spiro atoms. The summed E-state index contributed by atoms with van der Waals surface area (Å²) in [4.78, 5) is 19.3. The maximum atomic E-state index is 12.8. The lowest BCUT2D eigenvalue weighted by atomic mass is 9.85. The average molecular weight is 325 g/mol. The van der Waals surface area contributed by atoms with Gasteiger partial charge >= 0.3 is 0 Å². The van der Waals surface area contributed by atoms with E-state index in [0.717, 1.165) is 37.9 Å². The molecule has 7 heteroatoms. The second-order valence-corrected chi connectivity index (χ2v) is 9.35. The van der Waals surface area contributed by atoms with Crippen molar-refractivity contribution >= 4 is 21.8 Å². The van der Waals surface area contributed by atoms with Crippen LogP contribution in [0.4, 0.5) is 0 Å². The molecular weight excluding hydrogens is 302 g/mol. The van der Waals surface area contributed by atoms with E-state index in [9.17, 15) is 13.2 Å². The van der Waals surface area contributed by atoms with Crippen molar-refractivity contribution in [1.29, 1.82) is 0 Å². The fourth-order valence-corrected chi connectivity index (χ4v) is 6.44. The maximum Gasteiger partial charge on any atom is 0.255 e. The third-order valence-electron chi connectivity index (χ3n) is 5.93. The second-order valence-electron chi connectivity index (χ2n) is 7.14. The van der Waals surface area contributed by atoms with E-state index in [1.165, 1.54) is 0 Å². The molecule has 1 amide bonds. The van der Waals surface area contributed by atoms with Crippen LogP contribution in [0, 0.1) is 11.8 Å². The Bertz CT molecular complexity index is 655. The molecule has 0 aromatic carbocycles. The number of sulfonamides is 1. The molecule has 1 saturated heterocycles. The van der Waals surface area contributed by atoms with E-state index in [-0.39, 0.29) is 23.0 Å². The maximum absolute atomic E-state index is 12.8. The van der Waals surface area contributed by atoms with Gasteiger partial charge in [0.1, 0.15) is 11.4 Å². The van der Waals surface area contributed by atoms with Crippen molar-refractivity contribution in [2.24, 2.45) is 16.8 Å². The van der Waals surface area contributed by atoms with Gasteiger partial charge in [0.15, 0.2) is 0 Å². The first-order chi connectivity index (χ1) is 10.4. The van der Waals surface area contributed by atoms with Crippen LogP contribution in [0.2, 0.25) is 0 Å². The number of fused-ring (bicyclic) bond motifs is 2. The lowest BCUT2D eigenvalue weighted by molar-refractivity contribution is -0.131. The van der Waals surface area contributed by atoms with Gasteiger partial charge in [0.25, 0.3) is 5.91 Å². The summed E-state index contributed by atoms with van der Waals surface area (Å²) in [6, 6.07) is 0. The van der Waals surface area contributed by atoms with Gasteiger partial charge in [-0.05, 0) is 31.6 Å². The van der Waals surface area contributed by atoms with Gasteiger partial charge in [0, 0.05) is 32.5 Å². The number of carbonyl (C=O) groups excluding carboxylic acids is 1. The van der Waals surface area contributed by atoms with Gasteiger partial charge in [-0.25, -0.2) is 12.7 Å². The Morgan fingerprint density at radius 2 is 2.00 bits per heavy atom. The number of hydrogen-bond acceptors (Lipinski definition) is 4. The van der Waals surface area contributed by atoms with Crippen LogP contribution in [0.15, 0.2) is 4.99 Å². The zero-order chi connectivity index (χ0) is 15.7. The van der Waals surface area contributed by atoms with Crippen LogP contribution in [-0.2, 0) is 14.8 Å². The first-order valence-corrected chi connectivity index (χ1v) is 9.76. The summed E-state index contributed by atoms with van der Waals surface area (Å²) in [5, 5.41) is -0.168. The first kappa shape index (κ1) is 14.6. The first-order valence-electron chi connectivity index (χ1n) is 8.26. The summed E-state index contributed by atoms with van der Waals surface area (Å²) in [6.45, 7) is 3.06. The molecule has 2 saturated carbocycles. The molecule has 4 aliphatic rings. The monoisotopic (exact) mass is 325 g/mol. The Morgan fingerprint density at radius 3 is 2.59 bits per heavy atom. The van der Waals surface area contributed by atoms with E-state index in [1.807, 2.05) is 6.92 Å². The van der Waals surface area contributed by atoms with Crippen molar-refractivity contribution in [2.75, 3.05) is 20.1 Å². The quantitative estimate of drug-likeness (QED) is 0.772. The Balaban J connectivity index is 1.64. The number of amidine groups is 1. The van der Waals surface area contributed by atoms with E-state index in [2.05, 4.69) is 0 Å². The molecular formula is C15H23N3O3S. The lowest BCUT2D eigenvalue weighted by Gasteiger charge is -2.27. The van der Waals surface area contributed by atoms with Crippen LogP contribution in [0.25, 0.3) is 0 Å². The molecule has 22 heavy (non-hydrogen) atoms. The highest BCUT2D eigenvalue weighted by molar-refractivity contribution is 7.90. The zero-order valence-corrected chi connectivity index (χ0v) is 14.0. The Labute approximate surface area is 131 Å². The standard InChI is InChI=1S/C15H23N3O3S/c1-3-13-16-15(14(19)17(13)2)7-6-10-8-18(9-12(10)15)22(20,21)11-4-5-11/h10-12H,3-9H2,1-2H3/t10-,12+,15-/m1/s1. The van der Waals surface area contributed by atoms with Crippen LogP contribution in [0.5, 0.6) is 0 Å². The second kappa shape index (κ2) is 4.54. The largest absolute Gasteiger partial charge is 0.302 e. The van der Waals surface area contributed by atoms with E-state index in [0.29, 0.717) is 13.1 Å². The fourth-order valence-electron chi connectivity index (χ4n) is 4.52. The molecule has 0 radical (unpaired) electrons. The number of amides is 1. The highest BCUT2D eigenvalue weighted by Gasteiger charge is 2.62. The highest BCUT2D eigenvalue weighted by Crippen LogP contribution is 2.51. The van der Waals surface area contributed by atoms with Crippen molar-refractivity contribution in [3.63, 3.8) is 0 Å². The predicted octanol–water partition coefficient (Wildman–Crippen LogP) is 0.840. The van der Waals surface area contributed by atoms with Gasteiger partial charge in [-0.1, -0.05) is 6.92 Å². The van der Waals surface area contributed by atoms with Crippen LogP contribution in [0.3, 0.4) is 0 Å².